The summed E-state index contributed by atoms with van der Waals surface area (Å²) in [7, 11) is 0. The number of aryl methyl sites for hydroxylation is 1. The van der Waals surface area contributed by atoms with Crippen molar-refractivity contribution >= 4 is 27.5 Å². The third-order valence-electron chi connectivity index (χ3n) is 9.39. The largest absolute Gasteiger partial charge is 0.456 e. The summed E-state index contributed by atoms with van der Waals surface area (Å²) in [6.45, 7) is 11.5. The maximum absolute atomic E-state index is 6.28. The van der Waals surface area contributed by atoms with Gasteiger partial charge in [0.1, 0.15) is 11.2 Å². The summed E-state index contributed by atoms with van der Waals surface area (Å²) >= 11 is 0. The van der Waals surface area contributed by atoms with Crippen molar-refractivity contribution in [3.05, 3.63) is 162 Å². The van der Waals surface area contributed by atoms with Crippen molar-refractivity contribution in [2.24, 2.45) is 0 Å². The van der Waals surface area contributed by atoms with Crippen LogP contribution in [0.5, 0.6) is 0 Å². The SMILES string of the molecule is C=C(c1ccccc1)c1cc(-c2ccc3c(c2)C(C)(C)c2c-3ccc3oc4ccccc4c23)ccc1-c1ccccc1C. The van der Waals surface area contributed by atoms with E-state index in [0.29, 0.717) is 0 Å². The van der Waals surface area contributed by atoms with E-state index in [1.165, 1.54) is 60.8 Å². The predicted molar refractivity (Wildman–Crippen MR) is 181 cm³/mol. The summed E-state index contributed by atoms with van der Waals surface area (Å²) in [5.41, 5.74) is 16.5. The topological polar surface area (TPSA) is 13.1 Å². The van der Waals surface area contributed by atoms with Crippen molar-refractivity contribution in [3.63, 3.8) is 0 Å². The molecule has 1 nitrogen and oxygen atoms in total. The van der Waals surface area contributed by atoms with E-state index in [2.05, 4.69) is 149 Å². The van der Waals surface area contributed by atoms with Gasteiger partial charge in [-0.25, -0.2) is 0 Å². The Morgan fingerprint density at radius 3 is 2.09 bits per heavy atom. The molecule has 43 heavy (non-hydrogen) atoms. The fourth-order valence-electron chi connectivity index (χ4n) is 7.18. The molecule has 6 aromatic carbocycles. The van der Waals surface area contributed by atoms with Crippen molar-refractivity contribution in [1.82, 2.24) is 0 Å². The first-order valence-electron chi connectivity index (χ1n) is 15.0. The summed E-state index contributed by atoms with van der Waals surface area (Å²) in [5.74, 6) is 0. The van der Waals surface area contributed by atoms with Gasteiger partial charge < -0.3 is 4.42 Å². The average molecular weight is 553 g/mol. The summed E-state index contributed by atoms with van der Waals surface area (Å²) in [4.78, 5) is 0. The molecule has 8 rings (SSSR count). The lowest BCUT2D eigenvalue weighted by Crippen LogP contribution is -2.15. The van der Waals surface area contributed by atoms with Gasteiger partial charge in [0.15, 0.2) is 0 Å². The fraction of sp³-hybridized carbons (Fsp3) is 0.0952. The second kappa shape index (κ2) is 9.44. The van der Waals surface area contributed by atoms with Crippen LogP contribution in [-0.4, -0.2) is 0 Å². The minimum Gasteiger partial charge on any atom is -0.456 e. The molecule has 0 N–H and O–H groups in total. The number of furan rings is 1. The van der Waals surface area contributed by atoms with Gasteiger partial charge in [-0.1, -0.05) is 124 Å². The summed E-state index contributed by atoms with van der Waals surface area (Å²) in [5, 5.41) is 2.42. The zero-order valence-corrected chi connectivity index (χ0v) is 24.7. The average Bonchev–Trinajstić information content (AvgIpc) is 3.53. The van der Waals surface area contributed by atoms with Crippen LogP contribution in [0.3, 0.4) is 0 Å². The first kappa shape index (κ1) is 25.6. The molecule has 206 valence electrons. The zero-order chi connectivity index (χ0) is 29.3. The summed E-state index contributed by atoms with van der Waals surface area (Å²) in [6.07, 6.45) is 0. The highest BCUT2D eigenvalue weighted by atomic mass is 16.3. The Hall–Kier alpha value is -5.14. The highest BCUT2D eigenvalue weighted by molar-refractivity contribution is 6.11. The number of fused-ring (bicyclic) bond motifs is 7. The molecule has 0 saturated carbocycles. The minimum atomic E-state index is -0.176. The molecule has 1 aliphatic carbocycles. The molecule has 0 spiro atoms. The molecule has 0 unspecified atom stereocenters. The van der Waals surface area contributed by atoms with Crippen molar-refractivity contribution in [2.45, 2.75) is 26.2 Å². The van der Waals surface area contributed by atoms with Crippen LogP contribution in [0.4, 0.5) is 0 Å². The maximum atomic E-state index is 6.28. The first-order valence-corrected chi connectivity index (χ1v) is 15.0. The summed E-state index contributed by atoms with van der Waals surface area (Å²) in [6, 6.07) is 45.8. The van der Waals surface area contributed by atoms with Crippen LogP contribution in [0.2, 0.25) is 0 Å². The van der Waals surface area contributed by atoms with Gasteiger partial charge in [0.05, 0.1) is 0 Å². The van der Waals surface area contributed by atoms with Gasteiger partial charge in [-0.3, -0.25) is 0 Å². The molecule has 0 amide bonds. The van der Waals surface area contributed by atoms with E-state index in [4.69, 9.17) is 4.42 Å². The smallest absolute Gasteiger partial charge is 0.135 e. The molecule has 1 heterocycles. The van der Waals surface area contributed by atoms with E-state index < -0.39 is 0 Å². The van der Waals surface area contributed by atoms with Gasteiger partial charge in [-0.15, -0.1) is 0 Å². The highest BCUT2D eigenvalue weighted by Gasteiger charge is 2.38. The Labute approximate surface area is 252 Å². The highest BCUT2D eigenvalue weighted by Crippen LogP contribution is 2.53. The number of para-hydroxylation sites is 1. The van der Waals surface area contributed by atoms with Crippen molar-refractivity contribution in [1.29, 1.82) is 0 Å². The quantitative estimate of drug-likeness (QED) is 0.212. The van der Waals surface area contributed by atoms with E-state index >= 15 is 0 Å². The Balaban J connectivity index is 1.29. The molecule has 0 aliphatic heterocycles. The molecule has 0 bridgehead atoms. The van der Waals surface area contributed by atoms with Crippen LogP contribution in [0, 0.1) is 6.92 Å². The molecule has 1 heteroatoms. The Morgan fingerprint density at radius 1 is 0.605 bits per heavy atom. The van der Waals surface area contributed by atoms with Crippen LogP contribution < -0.4 is 0 Å². The molecule has 7 aromatic rings. The van der Waals surface area contributed by atoms with Gasteiger partial charge in [0.25, 0.3) is 0 Å². The van der Waals surface area contributed by atoms with Crippen molar-refractivity contribution < 1.29 is 4.42 Å². The van der Waals surface area contributed by atoms with E-state index in [-0.39, 0.29) is 5.41 Å². The van der Waals surface area contributed by atoms with E-state index in [1.54, 1.807) is 0 Å². The third-order valence-corrected chi connectivity index (χ3v) is 9.39. The number of hydrogen-bond donors (Lipinski definition) is 0. The van der Waals surface area contributed by atoms with Gasteiger partial charge in [-0.05, 0) is 98.0 Å². The molecule has 0 radical (unpaired) electrons. The predicted octanol–water partition coefficient (Wildman–Crippen LogP) is 11.6. The van der Waals surface area contributed by atoms with Crippen LogP contribution in [0.25, 0.3) is 60.9 Å². The monoisotopic (exact) mass is 552 g/mol. The van der Waals surface area contributed by atoms with Crippen LogP contribution in [-0.2, 0) is 5.41 Å². The van der Waals surface area contributed by atoms with Crippen LogP contribution in [0.1, 0.15) is 41.7 Å². The fourth-order valence-corrected chi connectivity index (χ4v) is 7.18. The second-order valence-corrected chi connectivity index (χ2v) is 12.3. The molecular formula is C42H32O. The third kappa shape index (κ3) is 3.85. The normalized spacial score (nSPS) is 13.3. The van der Waals surface area contributed by atoms with Gasteiger partial charge in [0, 0.05) is 16.2 Å². The lowest BCUT2D eigenvalue weighted by Gasteiger charge is -2.23. The van der Waals surface area contributed by atoms with E-state index in [1.807, 2.05) is 6.07 Å². The van der Waals surface area contributed by atoms with Gasteiger partial charge >= 0.3 is 0 Å². The lowest BCUT2D eigenvalue weighted by atomic mass is 9.79. The number of benzene rings is 6. The number of rotatable bonds is 4. The Kier molecular flexibility index (Phi) is 5.61. The number of hydrogen-bond acceptors (Lipinski definition) is 1. The molecule has 0 atom stereocenters. The van der Waals surface area contributed by atoms with Crippen molar-refractivity contribution in [2.75, 3.05) is 0 Å². The minimum absolute atomic E-state index is 0.176. The van der Waals surface area contributed by atoms with Gasteiger partial charge in [-0.2, -0.15) is 0 Å². The lowest BCUT2D eigenvalue weighted by molar-refractivity contribution is 0.657. The maximum Gasteiger partial charge on any atom is 0.135 e. The van der Waals surface area contributed by atoms with Crippen LogP contribution in [0.15, 0.2) is 138 Å². The first-order chi connectivity index (χ1) is 20.9. The molecule has 0 saturated heterocycles. The van der Waals surface area contributed by atoms with Crippen LogP contribution >= 0.6 is 0 Å². The Morgan fingerprint density at radius 2 is 1.28 bits per heavy atom. The standard InChI is InChI=1S/C42H32O/c1-26-12-8-9-15-31(26)32-20-18-29(24-36(32)27(2)28-13-6-5-7-14-28)30-19-21-33-34-22-23-39-40(35-16-10-11-17-38(35)43-39)41(34)42(3,4)37(33)25-30/h5-25H,2H2,1,3-4H3. The van der Waals surface area contributed by atoms with E-state index in [0.717, 1.165) is 27.9 Å². The van der Waals surface area contributed by atoms with E-state index in [9.17, 15) is 0 Å². The second-order valence-electron chi connectivity index (χ2n) is 12.3. The van der Waals surface area contributed by atoms with Gasteiger partial charge in [0.2, 0.25) is 0 Å². The molecule has 0 fully saturated rings. The zero-order valence-electron chi connectivity index (χ0n) is 24.7. The molecular weight excluding hydrogens is 520 g/mol. The summed E-state index contributed by atoms with van der Waals surface area (Å²) < 4.78 is 6.28. The van der Waals surface area contributed by atoms with Crippen molar-refractivity contribution in [3.8, 4) is 33.4 Å². The molecule has 1 aliphatic rings. The molecule has 1 aromatic heterocycles. The Bertz CT molecular complexity index is 2230.